The van der Waals surface area contributed by atoms with Gasteiger partial charge in [-0.2, -0.15) is 0 Å². The Kier molecular flexibility index (Phi) is 5.83. The van der Waals surface area contributed by atoms with E-state index in [2.05, 4.69) is 0 Å². The lowest BCUT2D eigenvalue weighted by Gasteiger charge is -2.26. The normalized spacial score (nSPS) is 22.3. The molecule has 1 N–H and O–H groups in total. The minimum atomic E-state index is -1.55. The number of ether oxygens (including phenoxy) is 3. The van der Waals surface area contributed by atoms with Crippen LogP contribution in [-0.2, 0) is 32.2 Å². The molecule has 0 amide bonds. The molecule has 0 heterocycles. The summed E-state index contributed by atoms with van der Waals surface area (Å²) in [7, 11) is 1.39. The van der Waals surface area contributed by atoms with Crippen LogP contribution in [0.25, 0.3) is 0 Å². The maximum Gasteiger partial charge on any atom is 0.229 e. The van der Waals surface area contributed by atoms with Crippen LogP contribution >= 0.6 is 0 Å². The smallest absolute Gasteiger partial charge is 0.229 e. The van der Waals surface area contributed by atoms with E-state index in [1.165, 1.54) is 13.2 Å². The summed E-state index contributed by atoms with van der Waals surface area (Å²) in [5.41, 5.74) is 0.372. The lowest BCUT2D eigenvalue weighted by molar-refractivity contribution is -0.143. The zero-order chi connectivity index (χ0) is 18.4. The predicted octanol–water partition coefficient (Wildman–Crippen LogP) is 2.63. The molecule has 3 rings (SSSR count). The van der Waals surface area contributed by atoms with Crippen LogP contribution in [0.3, 0.4) is 0 Å². The first-order valence-electron chi connectivity index (χ1n) is 8.43. The summed E-state index contributed by atoms with van der Waals surface area (Å²) in [5, 5.41) is 10.8. The summed E-state index contributed by atoms with van der Waals surface area (Å²) < 4.78 is 16.4. The molecule has 5 heteroatoms. The third-order valence-corrected chi connectivity index (χ3v) is 4.23. The zero-order valence-electron chi connectivity index (χ0n) is 14.6. The van der Waals surface area contributed by atoms with Gasteiger partial charge in [0.15, 0.2) is 11.9 Å². The molecule has 0 fully saturated rings. The lowest BCUT2D eigenvalue weighted by Crippen LogP contribution is -2.46. The molecular formula is C21H22O5. The van der Waals surface area contributed by atoms with Crippen LogP contribution in [0.2, 0.25) is 0 Å². The highest BCUT2D eigenvalue weighted by atomic mass is 16.5. The molecule has 0 aromatic heterocycles. The van der Waals surface area contributed by atoms with Gasteiger partial charge in [-0.1, -0.05) is 60.7 Å². The number of rotatable bonds is 8. The van der Waals surface area contributed by atoms with Crippen molar-refractivity contribution in [3.05, 3.63) is 83.6 Å². The predicted molar refractivity (Wildman–Crippen MR) is 96.2 cm³/mol. The van der Waals surface area contributed by atoms with E-state index in [-0.39, 0.29) is 24.8 Å². The van der Waals surface area contributed by atoms with Crippen molar-refractivity contribution in [3.63, 3.8) is 0 Å². The molecule has 0 saturated heterocycles. The molecule has 136 valence electrons. The average Bonchev–Trinajstić information content (AvgIpc) is 2.91. The van der Waals surface area contributed by atoms with Crippen LogP contribution in [0.15, 0.2) is 72.5 Å². The largest absolute Gasteiger partial charge is 0.485 e. The number of benzene rings is 2. The maximum absolute atomic E-state index is 12.5. The van der Waals surface area contributed by atoms with Crippen LogP contribution in [0.5, 0.6) is 0 Å². The van der Waals surface area contributed by atoms with E-state index in [9.17, 15) is 9.90 Å². The third-order valence-electron chi connectivity index (χ3n) is 4.23. The number of carbonyl (C=O) groups excluding carboxylic acids is 1. The van der Waals surface area contributed by atoms with E-state index in [0.29, 0.717) is 6.61 Å². The standard InChI is InChI=1S/C21H22O5/c1-24-20-19(22)18(26-14-17-10-6-3-7-11-17)12-21(20,23)15-25-13-16-8-4-2-5-9-16/h2-12,20,23H,13-15H2,1H3/t20-,21+/m0/s1. The molecule has 0 radical (unpaired) electrons. The van der Waals surface area contributed by atoms with Crippen molar-refractivity contribution in [2.24, 2.45) is 0 Å². The second kappa shape index (κ2) is 8.27. The Morgan fingerprint density at radius 3 is 2.12 bits per heavy atom. The van der Waals surface area contributed by atoms with Gasteiger partial charge in [-0.3, -0.25) is 4.79 Å². The summed E-state index contributed by atoms with van der Waals surface area (Å²) >= 11 is 0. The molecule has 2 aromatic rings. The van der Waals surface area contributed by atoms with Gasteiger partial charge in [-0.05, 0) is 17.2 Å². The Hall–Kier alpha value is -2.47. The fourth-order valence-electron chi connectivity index (χ4n) is 2.91. The van der Waals surface area contributed by atoms with E-state index in [0.717, 1.165) is 11.1 Å². The van der Waals surface area contributed by atoms with E-state index in [4.69, 9.17) is 14.2 Å². The van der Waals surface area contributed by atoms with E-state index in [1.807, 2.05) is 60.7 Å². The van der Waals surface area contributed by atoms with Crippen molar-refractivity contribution in [1.29, 1.82) is 0 Å². The number of aliphatic hydroxyl groups is 1. The van der Waals surface area contributed by atoms with Gasteiger partial charge in [0.1, 0.15) is 12.2 Å². The summed E-state index contributed by atoms with van der Waals surface area (Å²) in [6, 6.07) is 19.1. The fourth-order valence-corrected chi connectivity index (χ4v) is 2.91. The summed E-state index contributed by atoms with van der Waals surface area (Å²) in [6.45, 7) is 0.516. The highest BCUT2D eigenvalue weighted by Gasteiger charge is 2.49. The number of hydrogen-bond acceptors (Lipinski definition) is 5. The first kappa shape index (κ1) is 18.3. The van der Waals surface area contributed by atoms with Gasteiger partial charge in [0, 0.05) is 7.11 Å². The number of carbonyl (C=O) groups is 1. The monoisotopic (exact) mass is 354 g/mol. The minimum Gasteiger partial charge on any atom is -0.485 e. The first-order chi connectivity index (χ1) is 12.6. The van der Waals surface area contributed by atoms with E-state index < -0.39 is 11.7 Å². The van der Waals surface area contributed by atoms with Crippen LogP contribution in [0.1, 0.15) is 11.1 Å². The van der Waals surface area contributed by atoms with Gasteiger partial charge in [0.2, 0.25) is 5.78 Å². The van der Waals surface area contributed by atoms with Gasteiger partial charge >= 0.3 is 0 Å². The van der Waals surface area contributed by atoms with Crippen LogP contribution in [0.4, 0.5) is 0 Å². The van der Waals surface area contributed by atoms with E-state index in [1.54, 1.807) is 0 Å². The van der Waals surface area contributed by atoms with Crippen molar-refractivity contribution in [3.8, 4) is 0 Å². The zero-order valence-corrected chi connectivity index (χ0v) is 14.6. The highest BCUT2D eigenvalue weighted by molar-refractivity contribution is 6.01. The summed E-state index contributed by atoms with van der Waals surface area (Å²) in [4.78, 5) is 12.5. The molecule has 1 aliphatic rings. The fraction of sp³-hybridized carbons (Fsp3) is 0.286. The minimum absolute atomic E-state index is 0.0651. The molecule has 0 spiro atoms. The van der Waals surface area contributed by atoms with Crippen LogP contribution < -0.4 is 0 Å². The molecule has 2 atom stereocenters. The van der Waals surface area contributed by atoms with Gasteiger partial charge in [0.05, 0.1) is 13.2 Å². The Balaban J connectivity index is 1.63. The number of ketones is 1. The van der Waals surface area contributed by atoms with Gasteiger partial charge in [-0.25, -0.2) is 0 Å². The first-order valence-corrected chi connectivity index (χ1v) is 8.43. The van der Waals surface area contributed by atoms with Crippen molar-refractivity contribution in [2.45, 2.75) is 24.9 Å². The molecule has 0 aliphatic heterocycles. The number of Topliss-reactive ketones (excluding diaryl/α,β-unsaturated/α-hetero) is 1. The number of hydrogen-bond donors (Lipinski definition) is 1. The summed E-state index contributed by atoms with van der Waals surface area (Å²) in [5.74, 6) is -0.277. The quantitative estimate of drug-likeness (QED) is 0.789. The van der Waals surface area contributed by atoms with Crippen LogP contribution in [0, 0.1) is 0 Å². The maximum atomic E-state index is 12.5. The third kappa shape index (κ3) is 4.19. The second-order valence-corrected chi connectivity index (χ2v) is 6.23. The van der Waals surface area contributed by atoms with E-state index >= 15 is 0 Å². The Labute approximate surface area is 152 Å². The Morgan fingerprint density at radius 2 is 1.54 bits per heavy atom. The molecule has 0 saturated carbocycles. The van der Waals surface area contributed by atoms with Crippen LogP contribution in [-0.4, -0.2) is 36.3 Å². The topological polar surface area (TPSA) is 65.0 Å². The van der Waals surface area contributed by atoms with Gasteiger partial charge in [-0.15, -0.1) is 0 Å². The van der Waals surface area contributed by atoms with Crippen molar-refractivity contribution in [1.82, 2.24) is 0 Å². The van der Waals surface area contributed by atoms with Crippen molar-refractivity contribution >= 4 is 5.78 Å². The Morgan fingerprint density at radius 1 is 0.962 bits per heavy atom. The van der Waals surface area contributed by atoms with Crippen molar-refractivity contribution in [2.75, 3.05) is 13.7 Å². The average molecular weight is 354 g/mol. The lowest BCUT2D eigenvalue weighted by atomic mass is 10.0. The molecule has 26 heavy (non-hydrogen) atoms. The Bertz CT molecular complexity index is 756. The summed E-state index contributed by atoms with van der Waals surface area (Å²) in [6.07, 6.45) is 0.362. The molecule has 1 aliphatic carbocycles. The highest BCUT2D eigenvalue weighted by Crippen LogP contribution is 2.30. The van der Waals surface area contributed by atoms with Gasteiger partial charge in [0.25, 0.3) is 0 Å². The van der Waals surface area contributed by atoms with Crippen molar-refractivity contribution < 1.29 is 24.1 Å². The molecule has 5 nitrogen and oxygen atoms in total. The molecular weight excluding hydrogens is 332 g/mol. The molecule has 2 aromatic carbocycles. The number of methoxy groups -OCH3 is 1. The second-order valence-electron chi connectivity index (χ2n) is 6.23. The van der Waals surface area contributed by atoms with Gasteiger partial charge < -0.3 is 19.3 Å². The molecule has 0 unspecified atom stereocenters. The SMILES string of the molecule is CO[C@H]1C(=O)C(OCc2ccccc2)=C[C@@]1(O)COCc1ccccc1. The molecule has 0 bridgehead atoms.